The number of hydrogen-bond acceptors (Lipinski definition) is 3. The lowest BCUT2D eigenvalue weighted by molar-refractivity contribution is -0.138. The van der Waals surface area contributed by atoms with Crippen molar-refractivity contribution in [3.8, 4) is 0 Å². The first-order valence-electron chi connectivity index (χ1n) is 7.29. The number of aliphatic carboxylic acids is 1. The minimum atomic E-state index is -3.69. The highest BCUT2D eigenvalue weighted by atomic mass is 31.2. The highest BCUT2D eigenvalue weighted by Gasteiger charge is 2.33. The Kier molecular flexibility index (Phi) is 6.14. The minimum absolute atomic E-state index is 0.00944. The minimum Gasteiger partial charge on any atom is -0.481 e. The summed E-state index contributed by atoms with van der Waals surface area (Å²) in [7, 11) is -3.69. The molecule has 0 bridgehead atoms. The molecule has 0 fully saturated rings. The second-order valence-corrected chi connectivity index (χ2v) is 9.35. The molecular formula is C16H23O6P. The number of rotatable bonds is 7. The molecule has 1 aromatic rings. The molecule has 0 spiro atoms. The second kappa shape index (κ2) is 7.28. The third kappa shape index (κ3) is 6.16. The smallest absolute Gasteiger partial charge is 0.335 e. The first kappa shape index (κ1) is 19.4. The molecule has 3 N–H and O–H groups in total. The predicted octanol–water partition coefficient (Wildman–Crippen LogP) is 3.26. The van der Waals surface area contributed by atoms with E-state index in [2.05, 4.69) is 0 Å². The third-order valence-electron chi connectivity index (χ3n) is 3.54. The molecule has 7 heteroatoms. The Morgan fingerprint density at radius 1 is 1.17 bits per heavy atom. The van der Waals surface area contributed by atoms with Gasteiger partial charge in [-0.25, -0.2) is 4.79 Å². The van der Waals surface area contributed by atoms with Gasteiger partial charge < -0.3 is 15.1 Å². The van der Waals surface area contributed by atoms with E-state index in [1.165, 1.54) is 24.3 Å². The average Bonchev–Trinajstić information content (AvgIpc) is 2.42. The molecule has 0 radical (unpaired) electrons. The summed E-state index contributed by atoms with van der Waals surface area (Å²) in [4.78, 5) is 32.9. The van der Waals surface area contributed by atoms with Crippen LogP contribution in [-0.2, 0) is 9.36 Å². The highest BCUT2D eigenvalue weighted by Crippen LogP contribution is 2.47. The summed E-state index contributed by atoms with van der Waals surface area (Å²) >= 11 is 0. The van der Waals surface area contributed by atoms with Crippen LogP contribution in [0, 0.1) is 5.41 Å². The van der Waals surface area contributed by atoms with Gasteiger partial charge in [-0.2, -0.15) is 0 Å². The van der Waals surface area contributed by atoms with Gasteiger partial charge in [-0.3, -0.25) is 9.36 Å². The van der Waals surface area contributed by atoms with Crippen LogP contribution in [0.3, 0.4) is 0 Å². The van der Waals surface area contributed by atoms with Crippen LogP contribution >= 0.6 is 7.37 Å². The largest absolute Gasteiger partial charge is 0.481 e. The van der Waals surface area contributed by atoms with Crippen molar-refractivity contribution >= 4 is 19.3 Å². The van der Waals surface area contributed by atoms with E-state index < -0.39 is 31.4 Å². The SMILES string of the molecule is CC(C)(C)CCP(=O)(O)CC(C(=O)O)c1ccccc1C(=O)O. The highest BCUT2D eigenvalue weighted by molar-refractivity contribution is 7.58. The van der Waals surface area contributed by atoms with Crippen molar-refractivity contribution < 1.29 is 29.3 Å². The van der Waals surface area contributed by atoms with Gasteiger partial charge in [0.1, 0.15) is 0 Å². The van der Waals surface area contributed by atoms with E-state index in [9.17, 15) is 29.3 Å². The van der Waals surface area contributed by atoms with Crippen LogP contribution in [0.5, 0.6) is 0 Å². The lowest BCUT2D eigenvalue weighted by atomic mass is 9.94. The molecule has 128 valence electrons. The van der Waals surface area contributed by atoms with E-state index in [0.29, 0.717) is 6.42 Å². The van der Waals surface area contributed by atoms with Crippen molar-refractivity contribution in [1.82, 2.24) is 0 Å². The van der Waals surface area contributed by atoms with Crippen LogP contribution in [0.25, 0.3) is 0 Å². The van der Waals surface area contributed by atoms with Gasteiger partial charge in [-0.1, -0.05) is 39.0 Å². The van der Waals surface area contributed by atoms with Gasteiger partial charge in [0, 0.05) is 12.3 Å². The van der Waals surface area contributed by atoms with E-state index in [4.69, 9.17) is 0 Å². The number of carboxylic acid groups (broad SMARTS) is 2. The van der Waals surface area contributed by atoms with Crippen molar-refractivity contribution in [3.05, 3.63) is 35.4 Å². The molecular weight excluding hydrogens is 319 g/mol. The maximum absolute atomic E-state index is 12.4. The first-order valence-corrected chi connectivity index (χ1v) is 9.32. The Morgan fingerprint density at radius 2 is 1.74 bits per heavy atom. The van der Waals surface area contributed by atoms with Crippen LogP contribution < -0.4 is 0 Å². The Balaban J connectivity index is 3.08. The van der Waals surface area contributed by atoms with Gasteiger partial charge in [-0.15, -0.1) is 0 Å². The monoisotopic (exact) mass is 342 g/mol. The van der Waals surface area contributed by atoms with E-state index in [1.807, 2.05) is 20.8 Å². The quantitative estimate of drug-likeness (QED) is 0.656. The maximum atomic E-state index is 12.4. The topological polar surface area (TPSA) is 112 Å². The van der Waals surface area contributed by atoms with Gasteiger partial charge in [0.2, 0.25) is 7.37 Å². The summed E-state index contributed by atoms with van der Waals surface area (Å²) in [5.74, 6) is -3.88. The lowest BCUT2D eigenvalue weighted by Gasteiger charge is -2.23. The van der Waals surface area contributed by atoms with E-state index in [0.717, 1.165) is 0 Å². The molecule has 0 heterocycles. The zero-order valence-corrected chi connectivity index (χ0v) is 14.4. The summed E-state index contributed by atoms with van der Waals surface area (Å²) in [6.45, 7) is 5.80. The summed E-state index contributed by atoms with van der Waals surface area (Å²) in [6.07, 6.45) is 0.0198. The maximum Gasteiger partial charge on any atom is 0.335 e. The Bertz CT molecular complexity index is 632. The van der Waals surface area contributed by atoms with Gasteiger partial charge in [-0.05, 0) is 23.5 Å². The van der Waals surface area contributed by atoms with Crippen LogP contribution in [0.4, 0.5) is 0 Å². The van der Waals surface area contributed by atoms with E-state index >= 15 is 0 Å². The number of carbonyl (C=O) groups is 2. The molecule has 23 heavy (non-hydrogen) atoms. The summed E-state index contributed by atoms with van der Waals surface area (Å²) in [5.41, 5.74) is -0.246. The molecule has 1 aromatic carbocycles. The average molecular weight is 342 g/mol. The van der Waals surface area contributed by atoms with Gasteiger partial charge in [0.05, 0.1) is 11.5 Å². The molecule has 0 saturated carbocycles. The molecule has 0 aliphatic rings. The second-order valence-electron chi connectivity index (χ2n) is 6.85. The number of hydrogen-bond donors (Lipinski definition) is 3. The molecule has 1 rings (SSSR count). The molecule has 0 aromatic heterocycles. The van der Waals surface area contributed by atoms with Crippen LogP contribution in [0.2, 0.25) is 0 Å². The van der Waals surface area contributed by atoms with Gasteiger partial charge in [0.15, 0.2) is 0 Å². The fourth-order valence-corrected chi connectivity index (χ4v) is 4.32. The Labute approximate surface area is 135 Å². The van der Waals surface area contributed by atoms with Crippen LogP contribution in [-0.4, -0.2) is 39.4 Å². The van der Waals surface area contributed by atoms with Crippen molar-refractivity contribution in [2.75, 3.05) is 12.3 Å². The fraction of sp³-hybridized carbons (Fsp3) is 0.500. The first-order chi connectivity index (χ1) is 10.4. The van der Waals surface area contributed by atoms with Gasteiger partial charge >= 0.3 is 11.9 Å². The summed E-state index contributed by atoms with van der Waals surface area (Å²) in [6, 6.07) is 5.69. The molecule has 2 unspecified atom stereocenters. The van der Waals surface area contributed by atoms with Crippen LogP contribution in [0.1, 0.15) is 49.0 Å². The zero-order valence-electron chi connectivity index (χ0n) is 13.5. The molecule has 0 aliphatic heterocycles. The number of aromatic carboxylic acids is 1. The zero-order chi connectivity index (χ0) is 17.8. The molecule has 6 nitrogen and oxygen atoms in total. The summed E-state index contributed by atoms with van der Waals surface area (Å²) in [5, 5.41) is 18.6. The molecule has 0 aliphatic carbocycles. The van der Waals surface area contributed by atoms with Crippen molar-refractivity contribution in [2.45, 2.75) is 33.1 Å². The van der Waals surface area contributed by atoms with Gasteiger partial charge in [0.25, 0.3) is 0 Å². The standard InChI is InChI=1S/C16H23O6P/c1-16(2,3)8-9-23(21,22)10-13(15(19)20)11-6-4-5-7-12(11)14(17)18/h4-7,13H,8-10H2,1-3H3,(H,17,18)(H,19,20)(H,21,22). The van der Waals surface area contributed by atoms with E-state index in [1.54, 1.807) is 0 Å². The van der Waals surface area contributed by atoms with Crippen LogP contribution in [0.15, 0.2) is 24.3 Å². The number of benzene rings is 1. The Morgan fingerprint density at radius 3 is 2.22 bits per heavy atom. The lowest BCUT2D eigenvalue weighted by Crippen LogP contribution is -2.20. The molecule has 2 atom stereocenters. The Hall–Kier alpha value is -1.65. The molecule has 0 saturated heterocycles. The predicted molar refractivity (Wildman–Crippen MR) is 87.4 cm³/mol. The normalized spacial score (nSPS) is 15.7. The van der Waals surface area contributed by atoms with E-state index in [-0.39, 0.29) is 22.7 Å². The van der Waals surface area contributed by atoms with Crippen molar-refractivity contribution in [2.24, 2.45) is 5.41 Å². The number of carboxylic acids is 2. The summed E-state index contributed by atoms with van der Waals surface area (Å²) < 4.78 is 12.4. The third-order valence-corrected chi connectivity index (χ3v) is 5.40. The molecule has 0 amide bonds. The van der Waals surface area contributed by atoms with Crippen molar-refractivity contribution in [3.63, 3.8) is 0 Å². The van der Waals surface area contributed by atoms with Crippen molar-refractivity contribution in [1.29, 1.82) is 0 Å². The fourth-order valence-electron chi connectivity index (χ4n) is 2.19.